The first-order valence-corrected chi connectivity index (χ1v) is 7.83. The van der Waals surface area contributed by atoms with E-state index in [0.717, 1.165) is 23.2 Å². The Hall–Kier alpha value is -0.740. The molecule has 1 fully saturated rings. The average molecular weight is 266 g/mol. The van der Waals surface area contributed by atoms with Gasteiger partial charge >= 0.3 is 0 Å². The Kier molecular flexibility index (Phi) is 5.32. The number of aromatic nitrogens is 1. The molecular formula is C14H22N2OS. The van der Waals surface area contributed by atoms with Crippen LogP contribution in [0.2, 0.25) is 0 Å². The Morgan fingerprint density at radius 3 is 3.11 bits per heavy atom. The van der Waals surface area contributed by atoms with Crippen LogP contribution in [0.1, 0.15) is 31.7 Å². The summed E-state index contributed by atoms with van der Waals surface area (Å²) in [5.74, 6) is 3.58. The van der Waals surface area contributed by atoms with Crippen molar-refractivity contribution in [1.82, 2.24) is 4.98 Å². The van der Waals surface area contributed by atoms with Crippen LogP contribution in [0.15, 0.2) is 18.3 Å². The zero-order chi connectivity index (χ0) is 12.8. The molecule has 1 aliphatic carbocycles. The minimum atomic E-state index is 0.251. The molecule has 0 radical (unpaired) electrons. The van der Waals surface area contributed by atoms with E-state index in [1.807, 2.05) is 12.3 Å². The summed E-state index contributed by atoms with van der Waals surface area (Å²) in [5.41, 5.74) is 1.27. The summed E-state index contributed by atoms with van der Waals surface area (Å²) in [5, 5.41) is 12.3. The van der Waals surface area contributed by atoms with Crippen LogP contribution in [-0.4, -0.2) is 28.5 Å². The Morgan fingerprint density at radius 1 is 1.50 bits per heavy atom. The van der Waals surface area contributed by atoms with Crippen LogP contribution in [0, 0.1) is 5.92 Å². The number of thioether (sulfide) groups is 1. The van der Waals surface area contributed by atoms with Crippen LogP contribution >= 0.6 is 11.8 Å². The van der Waals surface area contributed by atoms with Crippen molar-refractivity contribution >= 4 is 17.6 Å². The van der Waals surface area contributed by atoms with Crippen molar-refractivity contribution < 1.29 is 5.11 Å². The number of nitrogens with zero attached hydrogens (tertiary/aromatic N) is 1. The van der Waals surface area contributed by atoms with Crippen LogP contribution in [0.25, 0.3) is 0 Å². The monoisotopic (exact) mass is 266 g/mol. The molecule has 1 heterocycles. The van der Waals surface area contributed by atoms with Gasteiger partial charge < -0.3 is 10.4 Å². The maximum atomic E-state index is 8.77. The lowest BCUT2D eigenvalue weighted by Crippen LogP contribution is -2.16. The van der Waals surface area contributed by atoms with Gasteiger partial charge in [0.25, 0.3) is 0 Å². The molecule has 0 aliphatic heterocycles. The lowest BCUT2D eigenvalue weighted by Gasteiger charge is -2.13. The Balaban J connectivity index is 1.86. The lowest BCUT2D eigenvalue weighted by molar-refractivity contribution is 0.322. The molecule has 0 spiro atoms. The van der Waals surface area contributed by atoms with Gasteiger partial charge in [0, 0.05) is 23.7 Å². The molecule has 0 aromatic carbocycles. The molecule has 2 atom stereocenters. The molecule has 0 unspecified atom stereocenters. The second-order valence-corrected chi connectivity index (χ2v) is 6.19. The fraction of sp³-hybridized carbons (Fsp3) is 0.643. The number of nitrogens with one attached hydrogen (secondary N) is 1. The van der Waals surface area contributed by atoms with Crippen molar-refractivity contribution in [2.75, 3.05) is 17.7 Å². The van der Waals surface area contributed by atoms with Gasteiger partial charge in [0.05, 0.1) is 6.61 Å². The maximum Gasteiger partial charge on any atom is 0.126 e. The van der Waals surface area contributed by atoms with Crippen molar-refractivity contribution in [2.45, 2.75) is 38.0 Å². The molecule has 100 valence electrons. The summed E-state index contributed by atoms with van der Waals surface area (Å²) in [6.07, 6.45) is 5.71. The van der Waals surface area contributed by atoms with Crippen LogP contribution in [-0.2, 0) is 5.75 Å². The van der Waals surface area contributed by atoms with E-state index in [4.69, 9.17) is 5.11 Å². The molecule has 0 bridgehead atoms. The van der Waals surface area contributed by atoms with Crippen LogP contribution in [0.4, 0.5) is 5.82 Å². The quantitative estimate of drug-likeness (QED) is 0.777. The first-order valence-electron chi connectivity index (χ1n) is 6.68. The fourth-order valence-electron chi connectivity index (χ4n) is 2.44. The molecule has 1 saturated carbocycles. The molecule has 2 rings (SSSR count). The molecule has 1 aromatic heterocycles. The summed E-state index contributed by atoms with van der Waals surface area (Å²) in [6.45, 7) is 2.57. The Labute approximate surface area is 113 Å². The van der Waals surface area contributed by atoms with Crippen LogP contribution in [0.3, 0.4) is 0 Å². The highest BCUT2D eigenvalue weighted by Crippen LogP contribution is 2.27. The van der Waals surface area contributed by atoms with Crippen molar-refractivity contribution in [3.05, 3.63) is 23.9 Å². The van der Waals surface area contributed by atoms with Gasteiger partial charge in [-0.15, -0.1) is 0 Å². The zero-order valence-electron chi connectivity index (χ0n) is 10.9. The number of aliphatic hydroxyl groups excluding tert-OH is 1. The number of hydrogen-bond donors (Lipinski definition) is 2. The summed E-state index contributed by atoms with van der Waals surface area (Å²) in [4.78, 5) is 4.39. The van der Waals surface area contributed by atoms with Crippen molar-refractivity contribution in [3.63, 3.8) is 0 Å². The first-order chi connectivity index (χ1) is 8.78. The average Bonchev–Trinajstić information content (AvgIpc) is 2.76. The third-order valence-corrected chi connectivity index (χ3v) is 4.38. The third kappa shape index (κ3) is 4.18. The maximum absolute atomic E-state index is 8.77. The predicted octanol–water partition coefficient (Wildman–Crippen LogP) is 2.91. The Morgan fingerprint density at radius 2 is 2.39 bits per heavy atom. The predicted molar refractivity (Wildman–Crippen MR) is 77.9 cm³/mol. The minimum Gasteiger partial charge on any atom is -0.396 e. The van der Waals surface area contributed by atoms with Gasteiger partial charge in [0.1, 0.15) is 5.82 Å². The number of aliphatic hydroxyl groups is 1. The van der Waals surface area contributed by atoms with E-state index in [0.29, 0.717) is 6.04 Å². The standard InChI is InChI=1S/C14H22N2OS/c1-11-2-3-13(8-11)16-14-9-12(4-5-15-14)10-18-7-6-17/h4-5,9,11,13,17H,2-3,6-8,10H2,1H3,(H,15,16)/t11-,13+/m1/s1. The molecule has 2 N–H and O–H groups in total. The van der Waals surface area contributed by atoms with Gasteiger partial charge in [-0.25, -0.2) is 4.98 Å². The SMILES string of the molecule is C[C@@H]1CC[C@H](Nc2cc(CSCCO)ccn2)C1. The third-order valence-electron chi connectivity index (χ3n) is 3.38. The number of rotatable bonds is 6. The normalized spacial score (nSPS) is 23.2. The van der Waals surface area contributed by atoms with E-state index in [9.17, 15) is 0 Å². The highest BCUT2D eigenvalue weighted by molar-refractivity contribution is 7.98. The first kappa shape index (κ1) is 13.7. The molecule has 1 aliphatic rings. The van der Waals surface area contributed by atoms with Gasteiger partial charge in [-0.3, -0.25) is 0 Å². The fourth-order valence-corrected chi connectivity index (χ4v) is 3.13. The van der Waals surface area contributed by atoms with E-state index in [1.54, 1.807) is 11.8 Å². The summed E-state index contributed by atoms with van der Waals surface area (Å²) < 4.78 is 0. The lowest BCUT2D eigenvalue weighted by atomic mass is 10.1. The highest BCUT2D eigenvalue weighted by atomic mass is 32.2. The smallest absolute Gasteiger partial charge is 0.126 e. The van der Waals surface area contributed by atoms with Crippen molar-refractivity contribution in [3.8, 4) is 0 Å². The van der Waals surface area contributed by atoms with Crippen LogP contribution in [0.5, 0.6) is 0 Å². The number of pyridine rings is 1. The molecule has 4 heteroatoms. The Bertz CT molecular complexity index is 373. The largest absolute Gasteiger partial charge is 0.396 e. The summed E-state index contributed by atoms with van der Waals surface area (Å²) in [7, 11) is 0. The highest BCUT2D eigenvalue weighted by Gasteiger charge is 2.21. The number of hydrogen-bond acceptors (Lipinski definition) is 4. The molecule has 18 heavy (non-hydrogen) atoms. The molecule has 1 aromatic rings. The second-order valence-electron chi connectivity index (χ2n) is 5.09. The van der Waals surface area contributed by atoms with E-state index in [2.05, 4.69) is 23.3 Å². The number of anilines is 1. The zero-order valence-corrected chi connectivity index (χ0v) is 11.7. The van der Waals surface area contributed by atoms with Crippen LogP contribution < -0.4 is 5.32 Å². The van der Waals surface area contributed by atoms with Crippen molar-refractivity contribution in [2.24, 2.45) is 5.92 Å². The second kappa shape index (κ2) is 7.00. The van der Waals surface area contributed by atoms with Gasteiger partial charge in [-0.05, 0) is 42.9 Å². The van der Waals surface area contributed by atoms with Gasteiger partial charge in [0.15, 0.2) is 0 Å². The van der Waals surface area contributed by atoms with E-state index in [1.165, 1.54) is 24.8 Å². The van der Waals surface area contributed by atoms with E-state index >= 15 is 0 Å². The van der Waals surface area contributed by atoms with E-state index in [-0.39, 0.29) is 6.61 Å². The molecule has 0 saturated heterocycles. The van der Waals surface area contributed by atoms with Crippen molar-refractivity contribution in [1.29, 1.82) is 0 Å². The van der Waals surface area contributed by atoms with Gasteiger partial charge in [0.2, 0.25) is 0 Å². The summed E-state index contributed by atoms with van der Waals surface area (Å²) in [6, 6.07) is 4.77. The summed E-state index contributed by atoms with van der Waals surface area (Å²) >= 11 is 1.75. The van der Waals surface area contributed by atoms with Gasteiger partial charge in [-0.2, -0.15) is 11.8 Å². The minimum absolute atomic E-state index is 0.251. The molecule has 3 nitrogen and oxygen atoms in total. The van der Waals surface area contributed by atoms with E-state index < -0.39 is 0 Å². The topological polar surface area (TPSA) is 45.1 Å². The molecular weight excluding hydrogens is 244 g/mol. The molecule has 0 amide bonds. The van der Waals surface area contributed by atoms with Gasteiger partial charge in [-0.1, -0.05) is 6.92 Å².